The zero-order valence-electron chi connectivity index (χ0n) is 20.9. The topological polar surface area (TPSA) is 66.0 Å². The molecule has 6 nitrogen and oxygen atoms in total. The summed E-state index contributed by atoms with van der Waals surface area (Å²) >= 11 is 6.13. The van der Waals surface area contributed by atoms with Crippen LogP contribution in [-0.2, 0) is 37.0 Å². The van der Waals surface area contributed by atoms with Gasteiger partial charge < -0.3 is 24.3 Å². The Balaban J connectivity index is 1.62. The smallest absolute Gasteiger partial charge is 0.252 e. The summed E-state index contributed by atoms with van der Waals surface area (Å²) in [6, 6.07) is 11.0. The van der Waals surface area contributed by atoms with E-state index in [1.54, 1.807) is 26.0 Å². The van der Waals surface area contributed by atoms with E-state index in [2.05, 4.69) is 5.32 Å². The molecule has 1 saturated carbocycles. The molecular formula is C27H32ClF2NO5. The summed E-state index contributed by atoms with van der Waals surface area (Å²) in [5.74, 6) is -3.11. The monoisotopic (exact) mass is 523 g/mol. The minimum absolute atomic E-state index is 0.0763. The first-order valence-corrected chi connectivity index (χ1v) is 12.5. The van der Waals surface area contributed by atoms with E-state index >= 15 is 0 Å². The van der Waals surface area contributed by atoms with Crippen molar-refractivity contribution < 1.29 is 32.5 Å². The molecular weight excluding hydrogens is 492 g/mol. The molecule has 36 heavy (non-hydrogen) atoms. The third-order valence-corrected chi connectivity index (χ3v) is 6.61. The van der Waals surface area contributed by atoms with Gasteiger partial charge in [-0.1, -0.05) is 35.9 Å². The van der Waals surface area contributed by atoms with Crippen LogP contribution in [0.25, 0.3) is 0 Å². The van der Waals surface area contributed by atoms with E-state index < -0.39 is 41.3 Å². The van der Waals surface area contributed by atoms with E-state index in [1.807, 2.05) is 26.0 Å². The predicted octanol–water partition coefficient (Wildman–Crippen LogP) is 5.30. The van der Waals surface area contributed by atoms with E-state index in [0.717, 1.165) is 11.6 Å². The molecule has 0 spiro atoms. The van der Waals surface area contributed by atoms with Crippen LogP contribution in [0.1, 0.15) is 51.7 Å². The molecule has 196 valence electrons. The summed E-state index contributed by atoms with van der Waals surface area (Å²) in [4.78, 5) is 13.6. The number of carbonyl (C=O) groups excluding carboxylic acids is 1. The lowest BCUT2D eigenvalue weighted by atomic mass is 9.78. The fourth-order valence-electron chi connectivity index (χ4n) is 4.81. The number of ether oxygens (including phenoxy) is 4. The van der Waals surface area contributed by atoms with Gasteiger partial charge in [0.05, 0.1) is 25.4 Å². The zero-order chi connectivity index (χ0) is 26.1. The van der Waals surface area contributed by atoms with Gasteiger partial charge in [-0.3, -0.25) is 4.79 Å². The molecule has 1 heterocycles. The summed E-state index contributed by atoms with van der Waals surface area (Å²) in [6.07, 6.45) is -1.30. The molecule has 2 aliphatic rings. The number of fused-ring (bicyclic) bond motifs is 1. The highest BCUT2D eigenvalue weighted by atomic mass is 35.5. The molecule has 0 radical (unpaired) electrons. The molecule has 1 aliphatic carbocycles. The average molecular weight is 524 g/mol. The van der Waals surface area contributed by atoms with Crippen LogP contribution in [0.4, 0.5) is 8.78 Å². The third-order valence-electron chi connectivity index (χ3n) is 6.37. The molecule has 2 fully saturated rings. The van der Waals surface area contributed by atoms with Gasteiger partial charge in [-0.25, -0.2) is 8.78 Å². The highest BCUT2D eigenvalue weighted by molar-refractivity contribution is 6.30. The van der Waals surface area contributed by atoms with Gasteiger partial charge in [0.25, 0.3) is 5.91 Å². The minimum Gasteiger partial charge on any atom is -0.370 e. The van der Waals surface area contributed by atoms with Crippen molar-refractivity contribution in [2.24, 2.45) is 0 Å². The highest BCUT2D eigenvalue weighted by Gasteiger charge is 2.58. The number of benzene rings is 2. The van der Waals surface area contributed by atoms with Crippen LogP contribution in [0.5, 0.6) is 0 Å². The van der Waals surface area contributed by atoms with Crippen molar-refractivity contribution in [2.75, 3.05) is 0 Å². The van der Waals surface area contributed by atoms with Crippen molar-refractivity contribution in [1.82, 2.24) is 5.32 Å². The Bertz CT molecular complexity index is 1100. The Morgan fingerprint density at radius 1 is 1.14 bits per heavy atom. The lowest BCUT2D eigenvalue weighted by Crippen LogP contribution is -2.60. The quantitative estimate of drug-likeness (QED) is 0.509. The van der Waals surface area contributed by atoms with Crippen LogP contribution in [0.3, 0.4) is 0 Å². The van der Waals surface area contributed by atoms with Crippen molar-refractivity contribution in [3.05, 3.63) is 70.2 Å². The number of carbonyl (C=O) groups is 1. The van der Waals surface area contributed by atoms with E-state index in [-0.39, 0.29) is 43.6 Å². The molecule has 4 atom stereocenters. The average Bonchev–Trinajstić information content (AvgIpc) is 3.12. The predicted molar refractivity (Wildman–Crippen MR) is 130 cm³/mol. The first-order chi connectivity index (χ1) is 17.0. The number of nitrogens with one attached hydrogen (secondary N) is 1. The van der Waals surface area contributed by atoms with Crippen molar-refractivity contribution in [3.63, 3.8) is 0 Å². The first-order valence-electron chi connectivity index (χ1n) is 12.1. The molecule has 1 unspecified atom stereocenters. The SMILES string of the molecule is CC(C)NC(=O)[C@@]1(OCc2cccc(Cl)c2)CC(OCc2cccc(F)c2F)[C@@H]2OC(C)(C)O[C@@H]2C1. The summed E-state index contributed by atoms with van der Waals surface area (Å²) < 4.78 is 52.8. The maximum atomic E-state index is 14.3. The van der Waals surface area contributed by atoms with Crippen LogP contribution >= 0.6 is 11.6 Å². The van der Waals surface area contributed by atoms with Crippen LogP contribution in [0.2, 0.25) is 5.02 Å². The summed E-state index contributed by atoms with van der Waals surface area (Å²) in [5.41, 5.74) is -0.417. The van der Waals surface area contributed by atoms with Gasteiger partial charge in [0.1, 0.15) is 6.10 Å². The Kier molecular flexibility index (Phi) is 8.02. The van der Waals surface area contributed by atoms with Gasteiger partial charge in [0.15, 0.2) is 23.0 Å². The molecule has 2 aromatic rings. The Morgan fingerprint density at radius 3 is 2.61 bits per heavy atom. The zero-order valence-corrected chi connectivity index (χ0v) is 21.6. The van der Waals surface area contributed by atoms with Gasteiger partial charge >= 0.3 is 0 Å². The minimum atomic E-state index is -1.30. The number of rotatable bonds is 8. The van der Waals surface area contributed by atoms with E-state index in [4.69, 9.17) is 30.5 Å². The Hall–Kier alpha value is -2.10. The summed E-state index contributed by atoms with van der Waals surface area (Å²) in [6.45, 7) is 7.26. The summed E-state index contributed by atoms with van der Waals surface area (Å²) in [7, 11) is 0. The molecule has 9 heteroatoms. The largest absolute Gasteiger partial charge is 0.370 e. The van der Waals surface area contributed by atoms with Crippen LogP contribution < -0.4 is 5.32 Å². The lowest BCUT2D eigenvalue weighted by Gasteiger charge is -2.43. The van der Waals surface area contributed by atoms with Crippen molar-refractivity contribution in [3.8, 4) is 0 Å². The van der Waals surface area contributed by atoms with Crippen LogP contribution in [0.15, 0.2) is 42.5 Å². The number of halogens is 3. The normalized spacial score (nSPS) is 27.2. The molecule has 1 aliphatic heterocycles. The standard InChI is InChI=1S/C27H32ClF2NO5/c1-16(2)31-25(32)27(34-14-17-7-5-9-19(28)11-17)12-21(24-22(13-27)35-26(3,4)36-24)33-15-18-8-6-10-20(29)23(18)30/h5-11,16,21-22,24H,12-15H2,1-4H3,(H,31,32)/t21?,22-,24+,27-/m1/s1. The maximum absolute atomic E-state index is 14.3. The highest BCUT2D eigenvalue weighted by Crippen LogP contribution is 2.44. The Morgan fingerprint density at radius 2 is 1.89 bits per heavy atom. The van der Waals surface area contributed by atoms with Gasteiger partial charge in [0, 0.05) is 29.5 Å². The van der Waals surface area contributed by atoms with E-state index in [0.29, 0.717) is 5.02 Å². The van der Waals surface area contributed by atoms with Gasteiger partial charge in [-0.05, 0) is 51.5 Å². The van der Waals surface area contributed by atoms with Crippen molar-refractivity contribution in [1.29, 1.82) is 0 Å². The molecule has 1 N–H and O–H groups in total. The first kappa shape index (κ1) is 26.9. The second-order valence-electron chi connectivity index (χ2n) is 10.2. The van der Waals surface area contributed by atoms with Gasteiger partial charge in [-0.15, -0.1) is 0 Å². The number of hydrogen-bond acceptors (Lipinski definition) is 5. The number of hydrogen-bond donors (Lipinski definition) is 1. The molecule has 2 aromatic carbocycles. The van der Waals surface area contributed by atoms with Gasteiger partial charge in [-0.2, -0.15) is 0 Å². The molecule has 0 bridgehead atoms. The summed E-state index contributed by atoms with van der Waals surface area (Å²) in [5, 5.41) is 3.52. The number of amides is 1. The Labute approximate surface area is 215 Å². The van der Waals surface area contributed by atoms with E-state index in [1.165, 1.54) is 12.1 Å². The molecule has 0 aromatic heterocycles. The maximum Gasteiger partial charge on any atom is 0.252 e. The second-order valence-corrected chi connectivity index (χ2v) is 10.6. The van der Waals surface area contributed by atoms with Crippen molar-refractivity contribution in [2.45, 2.75) is 89.5 Å². The van der Waals surface area contributed by atoms with Gasteiger partial charge in [0.2, 0.25) is 0 Å². The molecule has 4 rings (SSSR count). The molecule has 1 saturated heterocycles. The van der Waals surface area contributed by atoms with Crippen LogP contribution in [0, 0.1) is 11.6 Å². The van der Waals surface area contributed by atoms with Crippen LogP contribution in [-0.4, -0.2) is 41.6 Å². The fraction of sp³-hybridized carbons (Fsp3) is 0.519. The lowest BCUT2D eigenvalue weighted by molar-refractivity contribution is -0.184. The fourth-order valence-corrected chi connectivity index (χ4v) is 5.02. The molecule has 1 amide bonds. The van der Waals surface area contributed by atoms with E-state index in [9.17, 15) is 13.6 Å². The van der Waals surface area contributed by atoms with Crippen molar-refractivity contribution >= 4 is 17.5 Å². The third kappa shape index (κ3) is 6.06. The second kappa shape index (κ2) is 10.7.